The van der Waals surface area contributed by atoms with E-state index in [2.05, 4.69) is 25.7 Å². The highest BCUT2D eigenvalue weighted by molar-refractivity contribution is 6.17. The minimum atomic E-state index is -1.12. The van der Waals surface area contributed by atoms with Gasteiger partial charge in [-0.25, -0.2) is 18.7 Å². The number of rotatable bonds is 10. The maximum Gasteiger partial charge on any atom is 0.246 e. The number of alkyl halides is 1. The average molecular weight is 539 g/mol. The van der Waals surface area contributed by atoms with Crippen LogP contribution in [0.5, 0.6) is 11.5 Å². The van der Waals surface area contributed by atoms with Crippen LogP contribution in [0.2, 0.25) is 0 Å². The van der Waals surface area contributed by atoms with Crippen LogP contribution < -0.4 is 20.1 Å². The number of hydrogen-bond acceptors (Lipinski definition) is 7. The van der Waals surface area contributed by atoms with Crippen molar-refractivity contribution in [1.29, 1.82) is 0 Å². The minimum Gasteiger partial charge on any atom is -0.493 e. The van der Waals surface area contributed by atoms with Crippen molar-refractivity contribution in [2.45, 2.75) is 13.0 Å². The number of nitrogens with zero attached hydrogens (tertiary/aromatic N) is 4. The van der Waals surface area contributed by atoms with Gasteiger partial charge in [0, 0.05) is 29.6 Å². The predicted molar refractivity (Wildman–Crippen MR) is 135 cm³/mol. The lowest BCUT2D eigenvalue weighted by atomic mass is 10.2. The second-order valence-corrected chi connectivity index (χ2v) is 7.68. The molecule has 13 heteroatoms. The van der Waals surface area contributed by atoms with Crippen LogP contribution >= 0.6 is 24.0 Å². The molecule has 4 aromatic rings. The van der Waals surface area contributed by atoms with Gasteiger partial charge in [0.2, 0.25) is 5.91 Å². The molecule has 190 valence electrons. The van der Waals surface area contributed by atoms with Gasteiger partial charge in [-0.15, -0.1) is 24.0 Å². The van der Waals surface area contributed by atoms with E-state index in [-0.39, 0.29) is 24.6 Å². The molecule has 0 fully saturated rings. The molecule has 2 N–H and O–H groups in total. The Labute approximate surface area is 216 Å². The molecule has 4 rings (SSSR count). The molecule has 0 aliphatic heterocycles. The summed E-state index contributed by atoms with van der Waals surface area (Å²) >= 11 is 5.71. The zero-order valence-corrected chi connectivity index (χ0v) is 20.6. The molecule has 2 aromatic heterocycles. The third-order valence-corrected chi connectivity index (χ3v) is 5.14. The largest absolute Gasteiger partial charge is 0.493 e. The van der Waals surface area contributed by atoms with Gasteiger partial charge in [0.05, 0.1) is 24.9 Å². The topological polar surface area (TPSA) is 103 Å². The standard InChI is InChI=1S/C23H21ClF2N6O3.ClH/c1-34-18-10-14-17(11-19(18)35-9-3-7-24)27-13-28-23(14)30-20-6-8-32(31-20)12-21(33)29-16-5-2-4-15(25)22(16)26;/h2,4-6,8,10-11,13H,3,7,9,12H2,1H3,(H,29,33)(H,27,28,30,31);1H. The predicted octanol–water partition coefficient (Wildman–Crippen LogP) is 4.92. The third kappa shape index (κ3) is 6.29. The molecule has 9 nitrogen and oxygen atoms in total. The number of anilines is 3. The molecule has 36 heavy (non-hydrogen) atoms. The monoisotopic (exact) mass is 538 g/mol. The van der Waals surface area contributed by atoms with E-state index in [1.807, 2.05) is 0 Å². The Morgan fingerprint density at radius 3 is 2.78 bits per heavy atom. The number of carbonyl (C=O) groups is 1. The Morgan fingerprint density at radius 1 is 1.17 bits per heavy atom. The van der Waals surface area contributed by atoms with Crippen molar-refractivity contribution in [2.75, 3.05) is 30.2 Å². The molecule has 2 aromatic carbocycles. The fourth-order valence-corrected chi connectivity index (χ4v) is 3.36. The number of hydrogen-bond donors (Lipinski definition) is 2. The molecule has 0 bridgehead atoms. The van der Waals surface area contributed by atoms with Crippen molar-refractivity contribution in [3.63, 3.8) is 0 Å². The molecule has 0 saturated heterocycles. The minimum absolute atomic E-state index is 0. The third-order valence-electron chi connectivity index (χ3n) is 4.87. The second-order valence-electron chi connectivity index (χ2n) is 7.31. The number of amides is 1. The Hall–Kier alpha value is -3.70. The highest BCUT2D eigenvalue weighted by Crippen LogP contribution is 2.34. The number of nitrogens with one attached hydrogen (secondary N) is 2. The maximum atomic E-state index is 13.8. The van der Waals surface area contributed by atoms with Crippen molar-refractivity contribution in [3.8, 4) is 11.5 Å². The molecular weight excluding hydrogens is 517 g/mol. The van der Waals surface area contributed by atoms with Crippen LogP contribution in [0, 0.1) is 11.6 Å². The summed E-state index contributed by atoms with van der Waals surface area (Å²) in [4.78, 5) is 20.8. The second kappa shape index (κ2) is 12.3. The number of benzene rings is 2. The first-order valence-corrected chi connectivity index (χ1v) is 11.1. The molecule has 2 heterocycles. The van der Waals surface area contributed by atoms with E-state index >= 15 is 0 Å². The molecule has 0 aliphatic carbocycles. The summed E-state index contributed by atoms with van der Waals surface area (Å²) in [5.74, 6) is -0.312. The van der Waals surface area contributed by atoms with Gasteiger partial charge >= 0.3 is 0 Å². The first-order valence-electron chi connectivity index (χ1n) is 10.5. The van der Waals surface area contributed by atoms with Crippen molar-refractivity contribution in [2.24, 2.45) is 0 Å². The normalized spacial score (nSPS) is 10.6. The van der Waals surface area contributed by atoms with Crippen LogP contribution in [0.1, 0.15) is 6.42 Å². The van der Waals surface area contributed by atoms with Gasteiger partial charge in [-0.1, -0.05) is 6.07 Å². The van der Waals surface area contributed by atoms with Gasteiger partial charge in [0.1, 0.15) is 18.7 Å². The van der Waals surface area contributed by atoms with E-state index in [4.69, 9.17) is 21.1 Å². The zero-order chi connectivity index (χ0) is 24.8. The van der Waals surface area contributed by atoms with Gasteiger partial charge in [0.15, 0.2) is 29.0 Å². The SMILES string of the molecule is COc1cc2c(Nc3ccn(CC(=O)Nc4cccc(F)c4F)n3)ncnc2cc1OCCCCl.Cl. The summed E-state index contributed by atoms with van der Waals surface area (Å²) in [7, 11) is 1.54. The van der Waals surface area contributed by atoms with Crippen molar-refractivity contribution >= 4 is 58.1 Å². The summed E-state index contributed by atoms with van der Waals surface area (Å²) in [5, 5.41) is 10.4. The Kier molecular flexibility index (Phi) is 9.20. The first kappa shape index (κ1) is 26.9. The van der Waals surface area contributed by atoms with E-state index in [1.54, 1.807) is 24.4 Å². The molecule has 0 atom stereocenters. The smallest absolute Gasteiger partial charge is 0.246 e. The van der Waals surface area contributed by atoms with E-state index in [0.29, 0.717) is 52.9 Å². The van der Waals surface area contributed by atoms with Gasteiger partial charge in [-0.05, 0) is 24.6 Å². The van der Waals surface area contributed by atoms with Crippen LogP contribution in [-0.2, 0) is 11.3 Å². The lowest BCUT2D eigenvalue weighted by Crippen LogP contribution is -2.20. The Bertz CT molecular complexity index is 1350. The molecular formula is C23H22Cl2F2N6O3. The molecule has 0 radical (unpaired) electrons. The lowest BCUT2D eigenvalue weighted by Gasteiger charge is -2.13. The van der Waals surface area contributed by atoms with Crippen LogP contribution in [0.15, 0.2) is 48.9 Å². The van der Waals surface area contributed by atoms with Gasteiger partial charge in [-0.2, -0.15) is 5.10 Å². The van der Waals surface area contributed by atoms with E-state index in [1.165, 1.54) is 30.3 Å². The van der Waals surface area contributed by atoms with Gasteiger partial charge in [-0.3, -0.25) is 9.48 Å². The number of aromatic nitrogens is 4. The molecule has 0 saturated carbocycles. The number of ether oxygens (including phenoxy) is 2. The van der Waals surface area contributed by atoms with Crippen LogP contribution in [-0.4, -0.2) is 45.3 Å². The molecule has 0 unspecified atom stereocenters. The number of methoxy groups -OCH3 is 1. The zero-order valence-electron chi connectivity index (χ0n) is 19.0. The van der Waals surface area contributed by atoms with Gasteiger partial charge in [0.25, 0.3) is 0 Å². The maximum absolute atomic E-state index is 13.8. The summed E-state index contributed by atoms with van der Waals surface area (Å²) in [5.41, 5.74) is 0.382. The van der Waals surface area contributed by atoms with Gasteiger partial charge < -0.3 is 20.1 Å². The van der Waals surface area contributed by atoms with Crippen molar-refractivity contribution < 1.29 is 23.0 Å². The van der Waals surface area contributed by atoms with E-state index < -0.39 is 17.5 Å². The first-order chi connectivity index (χ1) is 17.0. The van der Waals surface area contributed by atoms with Crippen LogP contribution in [0.4, 0.5) is 26.1 Å². The van der Waals surface area contributed by atoms with Crippen molar-refractivity contribution in [1.82, 2.24) is 19.7 Å². The van der Waals surface area contributed by atoms with Crippen molar-refractivity contribution in [3.05, 3.63) is 60.6 Å². The highest BCUT2D eigenvalue weighted by Gasteiger charge is 2.14. The molecule has 0 spiro atoms. The fraction of sp³-hybridized carbons (Fsp3) is 0.217. The molecule has 0 aliphatic rings. The number of carbonyl (C=O) groups excluding carboxylic acids is 1. The quantitative estimate of drug-likeness (QED) is 0.218. The summed E-state index contributed by atoms with van der Waals surface area (Å²) in [6.07, 6.45) is 3.66. The Morgan fingerprint density at radius 2 is 2.00 bits per heavy atom. The lowest BCUT2D eigenvalue weighted by molar-refractivity contribution is -0.116. The van der Waals surface area contributed by atoms with E-state index in [9.17, 15) is 13.6 Å². The highest BCUT2D eigenvalue weighted by atomic mass is 35.5. The summed E-state index contributed by atoms with van der Waals surface area (Å²) < 4.78 is 39.6. The average Bonchev–Trinajstić information content (AvgIpc) is 3.28. The van der Waals surface area contributed by atoms with Crippen LogP contribution in [0.3, 0.4) is 0 Å². The number of fused-ring (bicyclic) bond motifs is 1. The Balaban J connectivity index is 0.00000361. The molecule has 1 amide bonds. The summed E-state index contributed by atoms with van der Waals surface area (Å²) in [6, 6.07) is 8.70. The van der Waals surface area contributed by atoms with Crippen LogP contribution in [0.25, 0.3) is 10.9 Å². The number of halogens is 4. The summed E-state index contributed by atoms with van der Waals surface area (Å²) in [6.45, 7) is 0.234. The van der Waals surface area contributed by atoms with E-state index in [0.717, 1.165) is 6.07 Å². The fourth-order valence-electron chi connectivity index (χ4n) is 3.25.